The van der Waals surface area contributed by atoms with Crippen LogP contribution in [0.3, 0.4) is 0 Å². The highest BCUT2D eigenvalue weighted by molar-refractivity contribution is 7.92. The van der Waals surface area contributed by atoms with Crippen LogP contribution in [0.2, 0.25) is 0 Å². The fourth-order valence-electron chi connectivity index (χ4n) is 3.63. The Morgan fingerprint density at radius 3 is 2.28 bits per heavy atom. The summed E-state index contributed by atoms with van der Waals surface area (Å²) in [6.45, 7) is 0. The van der Waals surface area contributed by atoms with Crippen LogP contribution in [-0.4, -0.2) is 23.7 Å². The van der Waals surface area contributed by atoms with Gasteiger partial charge in [0.2, 0.25) is 5.43 Å². The van der Waals surface area contributed by atoms with Gasteiger partial charge in [0.25, 0.3) is 10.0 Å². The zero-order valence-corrected chi connectivity index (χ0v) is 17.1. The topological polar surface area (TPSA) is 137 Å². The predicted molar refractivity (Wildman–Crippen MR) is 120 cm³/mol. The molecular weight excluding hydrogens is 434 g/mol. The summed E-state index contributed by atoms with van der Waals surface area (Å²) < 4.78 is 33.7. The van der Waals surface area contributed by atoms with E-state index in [0.717, 1.165) is 11.5 Å². The number of rotatable bonds is 3. The predicted octanol–water partition coefficient (Wildman–Crippen LogP) is 4.02. The van der Waals surface area contributed by atoms with Crippen LogP contribution in [0.1, 0.15) is 0 Å². The molecule has 32 heavy (non-hydrogen) atoms. The van der Waals surface area contributed by atoms with E-state index in [1.807, 2.05) is 12.1 Å². The summed E-state index contributed by atoms with van der Waals surface area (Å²) in [4.78, 5) is 12.7. The molecule has 0 fully saturated rings. The van der Waals surface area contributed by atoms with Crippen molar-refractivity contribution < 1.29 is 28.2 Å². The molecule has 1 aromatic heterocycles. The van der Waals surface area contributed by atoms with Crippen LogP contribution in [0.5, 0.6) is 17.2 Å². The average molecular weight is 449 g/mol. The summed E-state index contributed by atoms with van der Waals surface area (Å²) >= 11 is 0. The van der Waals surface area contributed by atoms with Crippen molar-refractivity contribution in [1.29, 1.82) is 0 Å². The van der Waals surface area contributed by atoms with Gasteiger partial charge in [-0.25, -0.2) is 8.42 Å². The second-order valence-electron chi connectivity index (χ2n) is 7.19. The molecule has 0 aliphatic carbocycles. The van der Waals surface area contributed by atoms with E-state index in [1.165, 1.54) is 30.3 Å². The van der Waals surface area contributed by atoms with Gasteiger partial charge >= 0.3 is 0 Å². The van der Waals surface area contributed by atoms with Crippen molar-refractivity contribution >= 4 is 48.4 Å². The first-order valence-corrected chi connectivity index (χ1v) is 10.9. The largest absolute Gasteiger partial charge is 0.507 e. The van der Waals surface area contributed by atoms with E-state index in [-0.39, 0.29) is 38.3 Å². The smallest absolute Gasteiger partial charge is 0.262 e. The zero-order chi connectivity index (χ0) is 22.6. The Hall–Kier alpha value is -4.24. The lowest BCUT2D eigenvalue weighted by Crippen LogP contribution is -2.13. The van der Waals surface area contributed by atoms with Crippen LogP contribution >= 0.6 is 0 Å². The number of aromatic hydroxyl groups is 3. The summed E-state index contributed by atoms with van der Waals surface area (Å²) in [5.74, 6) is -2.06. The van der Waals surface area contributed by atoms with Crippen molar-refractivity contribution in [3.05, 3.63) is 77.0 Å². The van der Waals surface area contributed by atoms with E-state index in [2.05, 4.69) is 4.72 Å². The molecule has 5 rings (SSSR count). The van der Waals surface area contributed by atoms with Crippen molar-refractivity contribution in [3.8, 4) is 17.2 Å². The number of phenols is 3. The molecule has 0 atom stereocenters. The fraction of sp³-hybridized carbons (Fsp3) is 0. The van der Waals surface area contributed by atoms with Crippen LogP contribution in [0.15, 0.2) is 80.8 Å². The van der Waals surface area contributed by atoms with E-state index in [9.17, 15) is 28.5 Å². The van der Waals surface area contributed by atoms with Crippen molar-refractivity contribution in [3.63, 3.8) is 0 Å². The Kier molecular flexibility index (Phi) is 4.24. The van der Waals surface area contributed by atoms with Gasteiger partial charge in [0.1, 0.15) is 27.7 Å². The van der Waals surface area contributed by atoms with Gasteiger partial charge in [-0.2, -0.15) is 0 Å². The molecule has 0 aliphatic rings. The highest BCUT2D eigenvalue weighted by Gasteiger charge is 2.23. The molecule has 5 aromatic rings. The first kappa shape index (κ1) is 19.7. The van der Waals surface area contributed by atoms with Gasteiger partial charge in [0.05, 0.1) is 10.6 Å². The van der Waals surface area contributed by atoms with Crippen LogP contribution in [0.25, 0.3) is 32.7 Å². The van der Waals surface area contributed by atoms with Gasteiger partial charge in [0, 0.05) is 6.07 Å². The Morgan fingerprint density at radius 1 is 0.750 bits per heavy atom. The Morgan fingerprint density at radius 2 is 1.50 bits per heavy atom. The molecular formula is C23H15NO7S. The minimum absolute atomic E-state index is 0.0379. The molecule has 0 bridgehead atoms. The normalized spacial score (nSPS) is 11.9. The van der Waals surface area contributed by atoms with Crippen molar-refractivity contribution in [1.82, 2.24) is 0 Å². The first-order valence-electron chi connectivity index (χ1n) is 9.41. The lowest BCUT2D eigenvalue weighted by Gasteiger charge is -2.13. The highest BCUT2D eigenvalue weighted by atomic mass is 32.2. The maximum atomic E-state index is 12.9. The van der Waals surface area contributed by atoms with E-state index in [1.54, 1.807) is 18.2 Å². The number of phenolic OH excluding ortho intramolecular Hbond substituents is 3. The monoisotopic (exact) mass is 449 g/mol. The minimum Gasteiger partial charge on any atom is -0.507 e. The van der Waals surface area contributed by atoms with E-state index in [4.69, 9.17) is 4.42 Å². The molecule has 4 aromatic carbocycles. The molecule has 9 heteroatoms. The molecule has 0 saturated heterocycles. The third kappa shape index (κ3) is 2.98. The average Bonchev–Trinajstić information content (AvgIpc) is 2.76. The maximum absolute atomic E-state index is 12.9. The molecule has 0 spiro atoms. The molecule has 0 amide bonds. The summed E-state index contributed by atoms with van der Waals surface area (Å²) in [5, 5.41) is 31.9. The summed E-state index contributed by atoms with van der Waals surface area (Å²) in [6, 6.07) is 17.1. The van der Waals surface area contributed by atoms with Gasteiger partial charge in [-0.15, -0.1) is 0 Å². The summed E-state index contributed by atoms with van der Waals surface area (Å²) in [6.07, 6.45) is 0. The number of anilines is 1. The fourth-order valence-corrected chi connectivity index (χ4v) is 4.72. The second-order valence-corrected chi connectivity index (χ2v) is 8.87. The SMILES string of the molecule is O=c1c2c(O)cccc2oc2cc(NS(=O)(=O)c3ccc4ccccc4c3)c(O)c(O)c12. The molecule has 0 unspecified atom stereocenters. The minimum atomic E-state index is -4.15. The lowest BCUT2D eigenvalue weighted by molar-refractivity contribution is 0.409. The van der Waals surface area contributed by atoms with Gasteiger partial charge in [-0.05, 0) is 35.0 Å². The van der Waals surface area contributed by atoms with E-state index in [0.29, 0.717) is 5.39 Å². The van der Waals surface area contributed by atoms with Crippen LogP contribution < -0.4 is 10.2 Å². The molecule has 8 nitrogen and oxygen atoms in total. The van der Waals surface area contributed by atoms with Crippen molar-refractivity contribution in [2.75, 3.05) is 4.72 Å². The number of nitrogens with one attached hydrogen (secondary N) is 1. The summed E-state index contributed by atoms with van der Waals surface area (Å²) in [5.41, 5.74) is -1.27. The lowest BCUT2D eigenvalue weighted by atomic mass is 10.1. The second kappa shape index (κ2) is 6.89. The number of sulfonamides is 1. The van der Waals surface area contributed by atoms with Gasteiger partial charge in [-0.1, -0.05) is 36.4 Å². The number of hydrogen-bond donors (Lipinski definition) is 4. The van der Waals surface area contributed by atoms with Crippen LogP contribution in [0.4, 0.5) is 5.69 Å². The first-order chi connectivity index (χ1) is 15.3. The number of hydrogen-bond acceptors (Lipinski definition) is 7. The number of fused-ring (bicyclic) bond motifs is 3. The van der Waals surface area contributed by atoms with Crippen LogP contribution in [-0.2, 0) is 10.0 Å². The molecule has 0 radical (unpaired) electrons. The molecule has 1 heterocycles. The van der Waals surface area contributed by atoms with Gasteiger partial charge in [-0.3, -0.25) is 9.52 Å². The molecule has 0 aliphatic heterocycles. The molecule has 0 saturated carbocycles. The van der Waals surface area contributed by atoms with Crippen LogP contribution in [0, 0.1) is 0 Å². The highest BCUT2D eigenvalue weighted by Crippen LogP contribution is 2.41. The summed E-state index contributed by atoms with van der Waals surface area (Å²) in [7, 11) is -4.15. The Balaban J connectivity index is 1.67. The van der Waals surface area contributed by atoms with E-state index >= 15 is 0 Å². The zero-order valence-electron chi connectivity index (χ0n) is 16.2. The quantitative estimate of drug-likeness (QED) is 0.241. The maximum Gasteiger partial charge on any atom is 0.262 e. The molecule has 4 N–H and O–H groups in total. The Labute approximate surface area is 180 Å². The molecule has 160 valence electrons. The van der Waals surface area contributed by atoms with Gasteiger partial charge < -0.3 is 19.7 Å². The third-order valence-electron chi connectivity index (χ3n) is 5.19. The third-order valence-corrected chi connectivity index (χ3v) is 6.56. The van der Waals surface area contributed by atoms with Crippen molar-refractivity contribution in [2.45, 2.75) is 4.90 Å². The number of benzene rings is 4. The standard InChI is InChI=1S/C23H15NO7S/c25-16-6-3-7-17-19(16)22(27)20-18(31-17)11-15(21(26)23(20)28)24-32(29,30)14-9-8-12-4-1-2-5-13(12)10-14/h1-11,24-26,28H. The van der Waals surface area contributed by atoms with Crippen molar-refractivity contribution in [2.24, 2.45) is 0 Å². The van der Waals surface area contributed by atoms with Gasteiger partial charge in [0.15, 0.2) is 11.5 Å². The Bertz CT molecular complexity index is 1720. The van der Waals surface area contributed by atoms with E-state index < -0.39 is 27.0 Å².